The number of rotatable bonds is 17. The number of amides is 4. The number of pyridine rings is 1. The molecule has 2 aliphatic carbocycles. The summed E-state index contributed by atoms with van der Waals surface area (Å²) < 4.78 is 38.1. The van der Waals surface area contributed by atoms with Gasteiger partial charge in [-0.25, -0.2) is 13.2 Å². The number of ether oxygens (including phenoxy) is 2. The first-order chi connectivity index (χ1) is 27.9. The van der Waals surface area contributed by atoms with Crippen LogP contribution in [0.4, 0.5) is 4.79 Å². The van der Waals surface area contributed by atoms with Crippen molar-refractivity contribution in [1.82, 2.24) is 25.2 Å². The Labute approximate surface area is 338 Å². The summed E-state index contributed by atoms with van der Waals surface area (Å²) in [5.74, 6) is -1.44. The van der Waals surface area contributed by atoms with E-state index in [2.05, 4.69) is 26.9 Å². The Morgan fingerprint density at radius 3 is 2.41 bits per heavy atom. The largest absolute Gasteiger partial charge is 0.496 e. The number of likely N-dealkylation sites (tertiary alicyclic amines) is 1. The van der Waals surface area contributed by atoms with Gasteiger partial charge in [-0.1, -0.05) is 68.3 Å². The highest BCUT2D eigenvalue weighted by Crippen LogP contribution is 2.31. The summed E-state index contributed by atoms with van der Waals surface area (Å²) in [5, 5.41) is 5.37. The van der Waals surface area contributed by atoms with Gasteiger partial charge in [0.2, 0.25) is 21.8 Å². The lowest BCUT2D eigenvalue weighted by Crippen LogP contribution is -2.57. The quantitative estimate of drug-likeness (QED) is 0.133. The molecule has 0 radical (unpaired) electrons. The number of carbonyl (C=O) groups excluding carboxylic acids is 4. The number of aromatic amines is 1. The molecular formula is C43H53N5O9S. The topological polar surface area (TPSA) is 193 Å². The SMILES string of the molecule is C=CCC(NC(=O)[C@@H]1CCCN1C(=O)[C@@H](NC(=O)OCC(C)C/C=C/c1cc2c(=O)cc(-c3ccccc3)[nH]c2cc1OC)C1CCCC1)C(=O)NS(=O)(=O)C1CC1. The lowest BCUT2D eigenvalue weighted by molar-refractivity contribution is -0.141. The van der Waals surface area contributed by atoms with E-state index in [1.54, 1.807) is 19.2 Å². The number of carbonyl (C=O) groups is 4. The van der Waals surface area contributed by atoms with Crippen LogP contribution in [-0.4, -0.2) is 85.8 Å². The first kappa shape index (κ1) is 42.2. The van der Waals surface area contributed by atoms with Crippen LogP contribution in [0, 0.1) is 11.8 Å². The molecule has 2 saturated carbocycles. The Bertz CT molecular complexity index is 2200. The molecule has 3 fully saturated rings. The molecule has 0 spiro atoms. The second kappa shape index (κ2) is 18.9. The predicted octanol–water partition coefficient (Wildman–Crippen LogP) is 5.19. The Balaban J connectivity index is 1.05. The van der Waals surface area contributed by atoms with Crippen molar-refractivity contribution in [3.63, 3.8) is 0 Å². The molecule has 1 aromatic heterocycles. The van der Waals surface area contributed by atoms with Crippen molar-refractivity contribution in [3.05, 3.63) is 83.0 Å². The van der Waals surface area contributed by atoms with Gasteiger partial charge in [0.05, 0.1) is 24.5 Å². The average molecular weight is 816 g/mol. The summed E-state index contributed by atoms with van der Waals surface area (Å²) in [5.41, 5.74) is 2.89. The van der Waals surface area contributed by atoms with Crippen molar-refractivity contribution in [2.75, 3.05) is 20.3 Å². The number of nitrogens with zero attached hydrogens (tertiary/aromatic N) is 1. The molecule has 1 saturated heterocycles. The molecule has 14 nitrogen and oxygen atoms in total. The van der Waals surface area contributed by atoms with Crippen molar-refractivity contribution in [3.8, 4) is 17.0 Å². The van der Waals surface area contributed by atoms with Crippen LogP contribution < -0.4 is 25.5 Å². The van der Waals surface area contributed by atoms with Gasteiger partial charge in [-0.05, 0) is 74.8 Å². The van der Waals surface area contributed by atoms with E-state index >= 15 is 0 Å². The fourth-order valence-electron chi connectivity index (χ4n) is 7.75. The van der Waals surface area contributed by atoms with Gasteiger partial charge in [0.25, 0.3) is 5.91 Å². The Kier molecular flexibility index (Phi) is 13.7. The van der Waals surface area contributed by atoms with Crippen LogP contribution in [0.15, 0.2) is 72.1 Å². The van der Waals surface area contributed by atoms with E-state index in [9.17, 15) is 32.4 Å². The Morgan fingerprint density at radius 2 is 1.72 bits per heavy atom. The van der Waals surface area contributed by atoms with Crippen LogP contribution in [0.2, 0.25) is 0 Å². The van der Waals surface area contributed by atoms with Crippen LogP contribution in [0.25, 0.3) is 28.2 Å². The van der Waals surface area contributed by atoms with Crippen LogP contribution >= 0.6 is 0 Å². The summed E-state index contributed by atoms with van der Waals surface area (Å²) in [6.45, 7) is 5.94. The van der Waals surface area contributed by atoms with E-state index in [1.165, 1.54) is 11.0 Å². The van der Waals surface area contributed by atoms with E-state index in [1.807, 2.05) is 55.5 Å². The number of fused-ring (bicyclic) bond motifs is 1. The molecule has 6 rings (SSSR count). The molecular weight excluding hydrogens is 763 g/mol. The van der Waals surface area contributed by atoms with Crippen LogP contribution in [0.3, 0.4) is 0 Å². The van der Waals surface area contributed by atoms with E-state index in [4.69, 9.17) is 9.47 Å². The number of aromatic nitrogens is 1. The number of benzene rings is 2. The molecule has 310 valence electrons. The number of sulfonamides is 1. The van der Waals surface area contributed by atoms with Crippen LogP contribution in [-0.2, 0) is 29.1 Å². The minimum absolute atomic E-state index is 0.000237. The zero-order valence-electron chi connectivity index (χ0n) is 33.0. The van der Waals surface area contributed by atoms with Crippen molar-refractivity contribution in [2.45, 2.75) is 94.5 Å². The first-order valence-electron chi connectivity index (χ1n) is 20.1. The summed E-state index contributed by atoms with van der Waals surface area (Å²) in [7, 11) is -2.26. The van der Waals surface area contributed by atoms with Gasteiger partial charge >= 0.3 is 6.09 Å². The maximum Gasteiger partial charge on any atom is 0.407 e. The van der Waals surface area contributed by atoms with Gasteiger partial charge in [0.1, 0.15) is 23.9 Å². The number of nitrogens with one attached hydrogen (secondary N) is 4. The van der Waals surface area contributed by atoms with Gasteiger partial charge in [0, 0.05) is 35.3 Å². The number of methoxy groups -OCH3 is 1. The number of allylic oxidation sites excluding steroid dienone is 1. The zero-order valence-corrected chi connectivity index (χ0v) is 33.9. The normalized spacial score (nSPS) is 18.7. The Morgan fingerprint density at radius 1 is 0.983 bits per heavy atom. The van der Waals surface area contributed by atoms with Gasteiger partial charge in [-0.15, -0.1) is 6.58 Å². The van der Waals surface area contributed by atoms with Gasteiger partial charge < -0.3 is 30.0 Å². The van der Waals surface area contributed by atoms with Crippen LogP contribution in [0.5, 0.6) is 5.75 Å². The molecule has 3 aliphatic rings. The average Bonchev–Trinajstić information content (AvgIpc) is 3.73. The molecule has 0 bridgehead atoms. The molecule has 4 N–H and O–H groups in total. The number of hydrogen-bond donors (Lipinski definition) is 4. The first-order valence-corrected chi connectivity index (χ1v) is 21.6. The predicted molar refractivity (Wildman–Crippen MR) is 221 cm³/mol. The molecule has 1 aliphatic heterocycles. The maximum absolute atomic E-state index is 14.1. The maximum atomic E-state index is 14.1. The van der Waals surface area contributed by atoms with Gasteiger partial charge in [0.15, 0.2) is 5.43 Å². The molecule has 3 aromatic rings. The molecule has 2 unspecified atom stereocenters. The fraction of sp³-hybridized carbons (Fsp3) is 0.465. The van der Waals surface area contributed by atoms with E-state index in [-0.39, 0.29) is 30.3 Å². The lowest BCUT2D eigenvalue weighted by Gasteiger charge is -2.32. The third kappa shape index (κ3) is 10.3. The third-order valence-electron chi connectivity index (χ3n) is 11.1. The van der Waals surface area contributed by atoms with Crippen molar-refractivity contribution >= 4 is 50.8 Å². The number of H-pyrrole nitrogens is 1. The van der Waals surface area contributed by atoms with E-state index in [0.717, 1.165) is 36.8 Å². The van der Waals surface area contributed by atoms with Crippen LogP contribution in [0.1, 0.15) is 76.7 Å². The molecule has 4 atom stereocenters. The lowest BCUT2D eigenvalue weighted by atomic mass is 9.96. The third-order valence-corrected chi connectivity index (χ3v) is 12.9. The standard InChI is InChI=1S/C43H53N5O9S/c1-4-12-33(40(50)47-58(54,55)31-20-21-31)45-41(51)36-19-11-22-48(36)42(52)39(29-16-8-9-17-29)46-43(53)57-26-27(2)13-10-18-30-23-32-35(25-38(30)56-3)44-34(24-37(32)49)28-14-6-5-7-15-28/h4-7,10,14-15,18,23-25,27,29,31,33,36,39H,1,8-9,11-13,16-17,19-22,26H2,2-3H3,(H,44,49)(H,45,51)(H,46,53)(H,47,50)/b18-10+/t27?,33?,36-,39-/m0/s1. The molecule has 15 heteroatoms. The summed E-state index contributed by atoms with van der Waals surface area (Å²) >= 11 is 0. The second-order valence-corrected chi connectivity index (χ2v) is 17.5. The summed E-state index contributed by atoms with van der Waals surface area (Å²) in [4.78, 5) is 71.6. The van der Waals surface area contributed by atoms with Gasteiger partial charge in [-0.3, -0.25) is 23.9 Å². The fourth-order valence-corrected chi connectivity index (χ4v) is 9.09. The van der Waals surface area contributed by atoms with E-state index < -0.39 is 57.2 Å². The highest BCUT2D eigenvalue weighted by molar-refractivity contribution is 7.90. The van der Waals surface area contributed by atoms with Crippen molar-refractivity contribution in [2.24, 2.45) is 11.8 Å². The smallest absolute Gasteiger partial charge is 0.407 e. The van der Waals surface area contributed by atoms with Crippen molar-refractivity contribution < 1.29 is 37.1 Å². The number of alkyl carbamates (subject to hydrolysis) is 1. The summed E-state index contributed by atoms with van der Waals surface area (Å²) in [6.07, 6.45) is 10.2. The minimum atomic E-state index is -3.83. The van der Waals surface area contributed by atoms with Crippen molar-refractivity contribution in [1.29, 1.82) is 0 Å². The zero-order chi connectivity index (χ0) is 41.4. The second-order valence-electron chi connectivity index (χ2n) is 15.5. The molecule has 4 amide bonds. The Hall–Kier alpha value is -5.44. The highest BCUT2D eigenvalue weighted by Gasteiger charge is 2.43. The summed E-state index contributed by atoms with van der Waals surface area (Å²) in [6, 6.07) is 11.8. The van der Waals surface area contributed by atoms with E-state index in [0.29, 0.717) is 61.0 Å². The van der Waals surface area contributed by atoms with Gasteiger partial charge in [-0.2, -0.15) is 0 Å². The molecule has 2 aromatic carbocycles. The highest BCUT2D eigenvalue weighted by atomic mass is 32.2. The monoisotopic (exact) mass is 815 g/mol. The molecule has 2 heterocycles. The molecule has 58 heavy (non-hydrogen) atoms. The number of hydrogen-bond acceptors (Lipinski definition) is 9. The minimum Gasteiger partial charge on any atom is -0.496 e.